The maximum Gasteiger partial charge on any atom is 0.338 e. The van der Waals surface area contributed by atoms with Crippen LogP contribution in [0.2, 0.25) is 0 Å². The molecule has 1 aromatic rings. The fourth-order valence-electron chi connectivity index (χ4n) is 1.53. The largest absolute Gasteiger partial charge is 0.462 e. The van der Waals surface area contributed by atoms with E-state index in [1.54, 1.807) is 20.8 Å². The van der Waals surface area contributed by atoms with E-state index in [-0.39, 0.29) is 29.5 Å². The molecule has 0 aliphatic rings. The van der Waals surface area contributed by atoms with E-state index in [4.69, 9.17) is 4.74 Å². The molecule has 0 radical (unpaired) electrons. The van der Waals surface area contributed by atoms with Crippen LogP contribution in [0.4, 0.5) is 5.69 Å². The van der Waals surface area contributed by atoms with Gasteiger partial charge in [0, 0.05) is 23.7 Å². The number of rotatable bonds is 5. The summed E-state index contributed by atoms with van der Waals surface area (Å²) in [6, 6.07) is 3.38. The molecule has 0 saturated carbocycles. The minimum absolute atomic E-state index is 0.0186. The number of nitro benzene ring substituents is 1. The van der Waals surface area contributed by atoms with Gasteiger partial charge in [0.1, 0.15) is 0 Å². The number of esters is 1. The predicted octanol–water partition coefficient (Wildman–Crippen LogP) is 1.91. The van der Waals surface area contributed by atoms with Crippen LogP contribution in [0.5, 0.6) is 0 Å². The summed E-state index contributed by atoms with van der Waals surface area (Å²) in [5, 5.41) is 13.5. The molecule has 0 aliphatic carbocycles. The monoisotopic (exact) mass is 280 g/mol. The fraction of sp³-hybridized carbons (Fsp3) is 0.385. The fourth-order valence-corrected chi connectivity index (χ4v) is 1.53. The Bertz CT molecular complexity index is 540. The third-order valence-electron chi connectivity index (χ3n) is 2.32. The number of carbonyl (C=O) groups excluding carboxylic acids is 2. The molecule has 1 aromatic carbocycles. The van der Waals surface area contributed by atoms with Crippen molar-refractivity contribution in [2.45, 2.75) is 26.8 Å². The topological polar surface area (TPSA) is 98.5 Å². The first-order chi connectivity index (χ1) is 9.35. The Kier molecular flexibility index (Phi) is 5.19. The standard InChI is InChI=1S/C13H16N2O5/c1-4-20-13(17)10-5-9(12(16)14-8(2)3)6-11(7-10)15(18)19/h5-8H,4H2,1-3H3,(H,14,16). The van der Waals surface area contributed by atoms with E-state index in [0.717, 1.165) is 12.1 Å². The van der Waals surface area contributed by atoms with E-state index in [1.165, 1.54) is 6.07 Å². The molecule has 0 unspecified atom stereocenters. The molecule has 1 amide bonds. The number of nitrogens with zero attached hydrogens (tertiary/aromatic N) is 1. The molecule has 0 saturated heterocycles. The Hall–Kier alpha value is -2.44. The molecule has 0 aromatic heterocycles. The molecule has 0 heterocycles. The highest BCUT2D eigenvalue weighted by Crippen LogP contribution is 2.18. The van der Waals surface area contributed by atoms with Gasteiger partial charge in [-0.15, -0.1) is 0 Å². The smallest absolute Gasteiger partial charge is 0.338 e. The minimum atomic E-state index is -0.699. The quantitative estimate of drug-likeness (QED) is 0.504. The van der Waals surface area contributed by atoms with Crippen molar-refractivity contribution in [3.8, 4) is 0 Å². The van der Waals surface area contributed by atoms with Crippen molar-refractivity contribution in [1.29, 1.82) is 0 Å². The van der Waals surface area contributed by atoms with E-state index >= 15 is 0 Å². The summed E-state index contributed by atoms with van der Waals surface area (Å²) >= 11 is 0. The molecule has 20 heavy (non-hydrogen) atoms. The van der Waals surface area contributed by atoms with Crippen LogP contribution in [0.15, 0.2) is 18.2 Å². The lowest BCUT2D eigenvalue weighted by molar-refractivity contribution is -0.384. The lowest BCUT2D eigenvalue weighted by Gasteiger charge is -2.09. The average molecular weight is 280 g/mol. The molecule has 1 rings (SSSR count). The zero-order valence-corrected chi connectivity index (χ0v) is 11.5. The van der Waals surface area contributed by atoms with Crippen molar-refractivity contribution >= 4 is 17.6 Å². The molecule has 7 nitrogen and oxygen atoms in total. The highest BCUT2D eigenvalue weighted by atomic mass is 16.6. The van der Waals surface area contributed by atoms with E-state index in [2.05, 4.69) is 5.32 Å². The number of hydrogen-bond donors (Lipinski definition) is 1. The molecular weight excluding hydrogens is 264 g/mol. The van der Waals surface area contributed by atoms with Crippen molar-refractivity contribution in [3.05, 3.63) is 39.4 Å². The predicted molar refractivity (Wildman–Crippen MR) is 71.7 cm³/mol. The summed E-state index contributed by atoms with van der Waals surface area (Å²) in [6.45, 7) is 5.31. The first-order valence-electron chi connectivity index (χ1n) is 6.12. The second-order valence-corrected chi connectivity index (χ2v) is 4.37. The Labute approximate surface area is 116 Å². The van der Waals surface area contributed by atoms with Crippen molar-refractivity contribution in [3.63, 3.8) is 0 Å². The normalized spacial score (nSPS) is 10.2. The van der Waals surface area contributed by atoms with Crippen LogP contribution in [0.25, 0.3) is 0 Å². The summed E-state index contributed by atoms with van der Waals surface area (Å²) in [5.74, 6) is -1.18. The van der Waals surface area contributed by atoms with Crippen molar-refractivity contribution in [2.75, 3.05) is 6.61 Å². The van der Waals surface area contributed by atoms with Gasteiger partial charge in [0.15, 0.2) is 0 Å². The summed E-state index contributed by atoms with van der Waals surface area (Å²) in [4.78, 5) is 33.7. The maximum absolute atomic E-state index is 11.9. The zero-order chi connectivity index (χ0) is 15.3. The van der Waals surface area contributed by atoms with Crippen LogP contribution in [0, 0.1) is 10.1 Å². The molecule has 0 aliphatic heterocycles. The van der Waals surface area contributed by atoms with Crippen molar-refractivity contribution < 1.29 is 19.2 Å². The second kappa shape index (κ2) is 6.65. The first-order valence-corrected chi connectivity index (χ1v) is 6.12. The van der Waals surface area contributed by atoms with E-state index in [0.29, 0.717) is 0 Å². The van der Waals surface area contributed by atoms with Crippen LogP contribution < -0.4 is 5.32 Å². The highest BCUT2D eigenvalue weighted by molar-refractivity contribution is 5.99. The Morgan fingerprint density at radius 2 is 1.90 bits per heavy atom. The highest BCUT2D eigenvalue weighted by Gasteiger charge is 2.18. The Morgan fingerprint density at radius 3 is 2.40 bits per heavy atom. The molecular formula is C13H16N2O5. The van der Waals surface area contributed by atoms with E-state index in [1.807, 2.05) is 0 Å². The third kappa shape index (κ3) is 4.04. The molecule has 0 spiro atoms. The van der Waals surface area contributed by atoms with Crippen LogP contribution in [-0.4, -0.2) is 29.4 Å². The van der Waals surface area contributed by atoms with E-state index < -0.39 is 16.8 Å². The maximum atomic E-state index is 11.9. The van der Waals surface area contributed by atoms with Crippen LogP contribution in [0.1, 0.15) is 41.5 Å². The van der Waals surface area contributed by atoms with Gasteiger partial charge in [0.05, 0.1) is 17.1 Å². The number of benzene rings is 1. The number of carbonyl (C=O) groups is 2. The average Bonchev–Trinajstić information content (AvgIpc) is 2.37. The summed E-state index contributed by atoms with van der Waals surface area (Å²) < 4.78 is 4.79. The zero-order valence-electron chi connectivity index (χ0n) is 11.5. The summed E-state index contributed by atoms with van der Waals surface area (Å²) in [6.07, 6.45) is 0. The molecule has 108 valence electrons. The second-order valence-electron chi connectivity index (χ2n) is 4.37. The number of ether oxygens (including phenoxy) is 1. The van der Waals surface area contributed by atoms with Gasteiger partial charge in [-0.3, -0.25) is 14.9 Å². The van der Waals surface area contributed by atoms with Gasteiger partial charge in [-0.25, -0.2) is 4.79 Å². The number of non-ortho nitro benzene ring substituents is 1. The Balaban J connectivity index is 3.20. The van der Waals surface area contributed by atoms with Gasteiger partial charge in [-0.05, 0) is 26.8 Å². The first kappa shape index (κ1) is 15.6. The van der Waals surface area contributed by atoms with Gasteiger partial charge >= 0.3 is 5.97 Å². The summed E-state index contributed by atoms with van der Waals surface area (Å²) in [5.41, 5.74) is -0.296. The van der Waals surface area contributed by atoms with Crippen LogP contribution in [-0.2, 0) is 4.74 Å². The van der Waals surface area contributed by atoms with Gasteiger partial charge in [-0.2, -0.15) is 0 Å². The molecule has 0 bridgehead atoms. The van der Waals surface area contributed by atoms with Crippen molar-refractivity contribution in [2.24, 2.45) is 0 Å². The molecule has 0 fully saturated rings. The number of nitro groups is 1. The molecule has 0 atom stereocenters. The third-order valence-corrected chi connectivity index (χ3v) is 2.32. The Morgan fingerprint density at radius 1 is 1.30 bits per heavy atom. The summed E-state index contributed by atoms with van der Waals surface area (Å²) in [7, 11) is 0. The number of amides is 1. The lowest BCUT2D eigenvalue weighted by Crippen LogP contribution is -2.30. The van der Waals surface area contributed by atoms with Gasteiger partial charge < -0.3 is 10.1 Å². The number of hydrogen-bond acceptors (Lipinski definition) is 5. The molecule has 7 heteroatoms. The van der Waals surface area contributed by atoms with Gasteiger partial charge in [0.2, 0.25) is 0 Å². The van der Waals surface area contributed by atoms with E-state index in [9.17, 15) is 19.7 Å². The molecule has 1 N–H and O–H groups in total. The van der Waals surface area contributed by atoms with Gasteiger partial charge in [0.25, 0.3) is 11.6 Å². The van der Waals surface area contributed by atoms with Gasteiger partial charge in [-0.1, -0.05) is 0 Å². The van der Waals surface area contributed by atoms with Crippen molar-refractivity contribution in [1.82, 2.24) is 5.32 Å². The SMILES string of the molecule is CCOC(=O)c1cc(C(=O)NC(C)C)cc([N+](=O)[O-])c1. The number of nitrogens with one attached hydrogen (secondary N) is 1. The van der Waals surface area contributed by atoms with Crippen LogP contribution in [0.3, 0.4) is 0 Å². The lowest BCUT2D eigenvalue weighted by atomic mass is 10.1. The van der Waals surface area contributed by atoms with Crippen LogP contribution >= 0.6 is 0 Å². The minimum Gasteiger partial charge on any atom is -0.462 e.